The van der Waals surface area contributed by atoms with Crippen LogP contribution in [-0.4, -0.2) is 32.0 Å². The molecule has 0 fully saturated rings. The molecule has 29 heavy (non-hydrogen) atoms. The largest absolute Gasteiger partial charge is 0.610 e. The minimum atomic E-state index is -1.12. The molecule has 5 nitrogen and oxygen atoms in total. The molecule has 0 aliphatic heterocycles. The quantitative estimate of drug-likeness (QED) is 0.407. The molecule has 0 amide bonds. The summed E-state index contributed by atoms with van der Waals surface area (Å²) in [6, 6.07) is 21.8. The fraction of sp³-hybridized carbons (Fsp3) is 0.217. The van der Waals surface area contributed by atoms with Gasteiger partial charge >= 0.3 is 0 Å². The van der Waals surface area contributed by atoms with Crippen LogP contribution >= 0.6 is 0 Å². The lowest BCUT2D eigenvalue weighted by atomic mass is 10.1. The first-order chi connectivity index (χ1) is 14.2. The van der Waals surface area contributed by atoms with E-state index in [9.17, 15) is 4.55 Å². The summed E-state index contributed by atoms with van der Waals surface area (Å²) in [6.45, 7) is 2.09. The summed E-state index contributed by atoms with van der Waals surface area (Å²) in [5, 5.41) is 5.22. The molecule has 0 aliphatic rings. The molecule has 2 aromatic heterocycles. The fourth-order valence-corrected chi connectivity index (χ4v) is 4.34. The Hall–Kier alpha value is -2.83. The van der Waals surface area contributed by atoms with Crippen LogP contribution in [0, 0.1) is 0 Å². The summed E-state index contributed by atoms with van der Waals surface area (Å²) in [4.78, 5) is 4.80. The third kappa shape index (κ3) is 4.13. The van der Waals surface area contributed by atoms with Crippen molar-refractivity contribution < 1.29 is 9.29 Å². The summed E-state index contributed by atoms with van der Waals surface area (Å²) in [6.07, 6.45) is 1.92. The highest BCUT2D eigenvalue weighted by Gasteiger charge is 2.19. The van der Waals surface area contributed by atoms with E-state index in [0.717, 1.165) is 41.1 Å². The van der Waals surface area contributed by atoms with Crippen LogP contribution in [0.25, 0.3) is 28.2 Å². The van der Waals surface area contributed by atoms with Crippen molar-refractivity contribution in [3.63, 3.8) is 0 Å². The highest BCUT2D eigenvalue weighted by molar-refractivity contribution is 7.91. The summed E-state index contributed by atoms with van der Waals surface area (Å²) >= 11 is -1.12. The first-order valence-electron chi connectivity index (χ1n) is 9.68. The van der Waals surface area contributed by atoms with E-state index in [1.165, 1.54) is 0 Å². The van der Waals surface area contributed by atoms with E-state index < -0.39 is 11.2 Å². The fourth-order valence-electron chi connectivity index (χ4n) is 3.17. The van der Waals surface area contributed by atoms with E-state index >= 15 is 0 Å². The molecular formula is C23H23N3O2S. The molecule has 0 saturated heterocycles. The number of rotatable bonds is 7. The molecular weight excluding hydrogens is 382 g/mol. The van der Waals surface area contributed by atoms with Gasteiger partial charge in [-0.15, -0.1) is 5.10 Å². The number of nitrogens with zero attached hydrogens (tertiary/aromatic N) is 3. The molecule has 1 atom stereocenters. The van der Waals surface area contributed by atoms with Crippen LogP contribution < -0.4 is 4.74 Å². The van der Waals surface area contributed by atoms with Gasteiger partial charge in [0.05, 0.1) is 24.6 Å². The van der Waals surface area contributed by atoms with E-state index in [1.54, 1.807) is 11.6 Å². The number of hydrogen-bond acceptors (Lipinski definition) is 4. The second-order valence-corrected chi connectivity index (χ2v) is 8.29. The average Bonchev–Trinajstić information content (AvgIpc) is 3.22. The number of fused-ring (bicyclic) bond motifs is 1. The lowest BCUT2D eigenvalue weighted by molar-refractivity contribution is 0.415. The maximum atomic E-state index is 12.6. The van der Waals surface area contributed by atoms with Crippen LogP contribution in [0.15, 0.2) is 71.8 Å². The standard InChI is InChI=1S/C23H23N3O2S/c1-3-4-14-29(27)23-16-22-24-20(17-10-12-19(28-2)13-11-17)15-21(26(22)25-23)18-8-6-5-7-9-18/h5-13,15-16H,3-4,14H2,1-2H3. The topological polar surface area (TPSA) is 62.5 Å². The highest BCUT2D eigenvalue weighted by Crippen LogP contribution is 2.28. The van der Waals surface area contributed by atoms with E-state index in [1.807, 2.05) is 66.7 Å². The van der Waals surface area contributed by atoms with E-state index in [0.29, 0.717) is 16.4 Å². The Bertz CT molecular complexity index is 1090. The predicted octanol–water partition coefficient (Wildman–Crippen LogP) is 4.98. The van der Waals surface area contributed by atoms with Gasteiger partial charge < -0.3 is 9.29 Å². The molecule has 4 rings (SSSR count). The van der Waals surface area contributed by atoms with Gasteiger partial charge in [-0.1, -0.05) is 43.7 Å². The van der Waals surface area contributed by atoms with Crippen LogP contribution in [0.3, 0.4) is 0 Å². The van der Waals surface area contributed by atoms with E-state index in [4.69, 9.17) is 9.72 Å². The molecule has 4 aromatic rings. The Morgan fingerprint density at radius 1 is 1.00 bits per heavy atom. The second kappa shape index (κ2) is 8.68. The van der Waals surface area contributed by atoms with Crippen molar-refractivity contribution in [3.8, 4) is 28.3 Å². The zero-order valence-corrected chi connectivity index (χ0v) is 17.4. The van der Waals surface area contributed by atoms with Gasteiger partial charge in [0, 0.05) is 22.3 Å². The maximum absolute atomic E-state index is 12.6. The van der Waals surface area contributed by atoms with E-state index in [-0.39, 0.29) is 0 Å². The molecule has 2 heterocycles. The zero-order valence-electron chi connectivity index (χ0n) is 16.5. The highest BCUT2D eigenvalue weighted by atomic mass is 32.2. The molecule has 1 unspecified atom stereocenters. The Kier molecular flexibility index (Phi) is 5.83. The number of aromatic nitrogens is 3. The summed E-state index contributed by atoms with van der Waals surface area (Å²) < 4.78 is 19.7. The minimum Gasteiger partial charge on any atom is -0.610 e. The summed E-state index contributed by atoms with van der Waals surface area (Å²) in [5.74, 6) is 1.42. The lowest BCUT2D eigenvalue weighted by Crippen LogP contribution is -2.07. The molecule has 6 heteroatoms. The number of ether oxygens (including phenoxy) is 1. The molecule has 148 valence electrons. The van der Waals surface area contributed by atoms with Crippen molar-refractivity contribution in [2.45, 2.75) is 24.8 Å². The molecule has 0 radical (unpaired) electrons. The van der Waals surface area contributed by atoms with Crippen molar-refractivity contribution in [2.75, 3.05) is 12.9 Å². The van der Waals surface area contributed by atoms with Gasteiger partial charge in [-0.25, -0.2) is 9.50 Å². The Morgan fingerprint density at radius 2 is 1.76 bits per heavy atom. The van der Waals surface area contributed by atoms with Crippen molar-refractivity contribution >= 4 is 16.8 Å². The van der Waals surface area contributed by atoms with Crippen molar-refractivity contribution in [2.24, 2.45) is 0 Å². The summed E-state index contributed by atoms with van der Waals surface area (Å²) in [7, 11) is 1.65. The third-order valence-electron chi connectivity index (χ3n) is 4.78. The number of unbranched alkanes of at least 4 members (excludes halogenated alkanes) is 1. The molecule has 0 aliphatic carbocycles. The SMILES string of the molecule is CCCC[S+]([O-])c1cc2nc(-c3ccc(OC)cc3)cc(-c3ccccc3)n2n1. The Labute approximate surface area is 173 Å². The smallest absolute Gasteiger partial charge is 0.265 e. The van der Waals surface area contributed by atoms with Crippen LogP contribution in [0.4, 0.5) is 0 Å². The van der Waals surface area contributed by atoms with E-state index in [2.05, 4.69) is 12.0 Å². The minimum absolute atomic E-state index is 0.579. The first kappa shape index (κ1) is 19.5. The average molecular weight is 406 g/mol. The van der Waals surface area contributed by atoms with Gasteiger partial charge in [-0.05, 0) is 36.8 Å². The number of methoxy groups -OCH3 is 1. The maximum Gasteiger partial charge on any atom is 0.265 e. The first-order valence-corrected chi connectivity index (χ1v) is 11.0. The van der Waals surface area contributed by atoms with Gasteiger partial charge in [-0.3, -0.25) is 0 Å². The molecule has 0 bridgehead atoms. The molecule has 2 aromatic carbocycles. The Morgan fingerprint density at radius 3 is 2.45 bits per heavy atom. The predicted molar refractivity (Wildman–Crippen MR) is 117 cm³/mol. The van der Waals surface area contributed by atoms with Crippen LogP contribution in [0.1, 0.15) is 19.8 Å². The van der Waals surface area contributed by atoms with Crippen LogP contribution in [0.5, 0.6) is 5.75 Å². The van der Waals surface area contributed by atoms with Gasteiger partial charge in [0.1, 0.15) is 11.5 Å². The number of benzene rings is 2. The van der Waals surface area contributed by atoms with Crippen molar-refractivity contribution in [3.05, 3.63) is 66.7 Å². The van der Waals surface area contributed by atoms with Crippen molar-refractivity contribution in [1.29, 1.82) is 0 Å². The molecule has 0 saturated carbocycles. The monoisotopic (exact) mass is 405 g/mol. The normalized spacial score (nSPS) is 12.2. The molecule has 0 N–H and O–H groups in total. The van der Waals surface area contributed by atoms with Gasteiger partial charge in [0.25, 0.3) is 5.03 Å². The van der Waals surface area contributed by atoms with Crippen LogP contribution in [0.2, 0.25) is 0 Å². The zero-order chi connectivity index (χ0) is 20.2. The van der Waals surface area contributed by atoms with Gasteiger partial charge in [0.2, 0.25) is 0 Å². The molecule has 0 spiro atoms. The second-order valence-electron chi connectivity index (χ2n) is 6.78. The van der Waals surface area contributed by atoms with Gasteiger partial charge in [-0.2, -0.15) is 0 Å². The Balaban J connectivity index is 1.85. The summed E-state index contributed by atoms with van der Waals surface area (Å²) in [5.41, 5.74) is 4.46. The van der Waals surface area contributed by atoms with Crippen LogP contribution in [-0.2, 0) is 11.2 Å². The lowest BCUT2D eigenvalue weighted by Gasteiger charge is -2.09. The third-order valence-corrected chi connectivity index (χ3v) is 6.10. The number of hydrogen-bond donors (Lipinski definition) is 0. The van der Waals surface area contributed by atoms with Crippen molar-refractivity contribution in [1.82, 2.24) is 14.6 Å². The van der Waals surface area contributed by atoms with Gasteiger partial charge in [0.15, 0.2) is 5.65 Å².